The van der Waals surface area contributed by atoms with Gasteiger partial charge in [0, 0.05) is 19.6 Å². The molecule has 2 aromatic rings. The molecule has 1 aliphatic heterocycles. The van der Waals surface area contributed by atoms with E-state index in [2.05, 4.69) is 5.32 Å². The largest absolute Gasteiger partial charge is 0.352 e. The van der Waals surface area contributed by atoms with Crippen LogP contribution in [-0.4, -0.2) is 31.7 Å². The molecule has 0 radical (unpaired) electrons. The second-order valence-electron chi connectivity index (χ2n) is 7.48. The van der Waals surface area contributed by atoms with Crippen molar-refractivity contribution in [1.82, 2.24) is 9.62 Å². The summed E-state index contributed by atoms with van der Waals surface area (Å²) in [5, 5.41) is 2.97. The van der Waals surface area contributed by atoms with Gasteiger partial charge in [-0.1, -0.05) is 48.0 Å². The Kier molecular flexibility index (Phi) is 5.67. The quantitative estimate of drug-likeness (QED) is 0.859. The molecule has 144 valence electrons. The molecule has 2 aromatic carbocycles. The molecule has 0 unspecified atom stereocenters. The van der Waals surface area contributed by atoms with Crippen LogP contribution in [0.3, 0.4) is 0 Å². The predicted octanol–water partition coefficient (Wildman–Crippen LogP) is 3.10. The molecule has 1 aliphatic rings. The molecule has 0 bridgehead atoms. The van der Waals surface area contributed by atoms with Crippen LogP contribution in [0.15, 0.2) is 59.5 Å². The Balaban J connectivity index is 1.72. The van der Waals surface area contributed by atoms with Crippen molar-refractivity contribution in [2.45, 2.75) is 38.1 Å². The number of rotatable bonds is 5. The van der Waals surface area contributed by atoms with Crippen molar-refractivity contribution in [3.8, 4) is 0 Å². The number of sulfonamides is 1. The van der Waals surface area contributed by atoms with Gasteiger partial charge >= 0.3 is 0 Å². The molecule has 0 spiro atoms. The number of carbonyl (C=O) groups excluding carboxylic acids is 1. The molecule has 0 aromatic heterocycles. The second-order valence-corrected chi connectivity index (χ2v) is 9.42. The lowest BCUT2D eigenvalue weighted by molar-refractivity contribution is -0.132. The lowest BCUT2D eigenvalue weighted by Crippen LogP contribution is -2.51. The van der Waals surface area contributed by atoms with E-state index < -0.39 is 15.4 Å². The van der Waals surface area contributed by atoms with Crippen LogP contribution in [0.25, 0.3) is 0 Å². The number of benzene rings is 2. The first-order valence-corrected chi connectivity index (χ1v) is 10.6. The van der Waals surface area contributed by atoms with Gasteiger partial charge in [-0.2, -0.15) is 4.31 Å². The minimum Gasteiger partial charge on any atom is -0.352 e. The monoisotopic (exact) mass is 386 g/mol. The zero-order valence-corrected chi connectivity index (χ0v) is 16.6. The number of carbonyl (C=O) groups is 1. The molecule has 1 amide bonds. The fraction of sp³-hybridized carbons (Fsp3) is 0.381. The van der Waals surface area contributed by atoms with E-state index in [-0.39, 0.29) is 17.3 Å². The van der Waals surface area contributed by atoms with Crippen LogP contribution in [-0.2, 0) is 21.4 Å². The highest BCUT2D eigenvalue weighted by Gasteiger charge is 2.41. The molecular formula is C21H26N2O3S. The second kappa shape index (κ2) is 7.82. The Morgan fingerprint density at radius 1 is 1.11 bits per heavy atom. The van der Waals surface area contributed by atoms with Crippen LogP contribution < -0.4 is 5.32 Å². The molecule has 3 rings (SSSR count). The van der Waals surface area contributed by atoms with Crippen molar-refractivity contribution in [3.05, 3.63) is 65.7 Å². The van der Waals surface area contributed by atoms with Gasteiger partial charge in [0.2, 0.25) is 15.9 Å². The molecule has 0 saturated carbocycles. The van der Waals surface area contributed by atoms with Crippen LogP contribution in [0, 0.1) is 12.3 Å². The maximum absolute atomic E-state index is 13.0. The van der Waals surface area contributed by atoms with E-state index in [0.717, 1.165) is 11.1 Å². The first-order valence-electron chi connectivity index (χ1n) is 9.20. The van der Waals surface area contributed by atoms with E-state index in [0.29, 0.717) is 25.9 Å². The van der Waals surface area contributed by atoms with E-state index in [1.165, 1.54) is 4.31 Å². The fourth-order valence-electron chi connectivity index (χ4n) is 3.43. The SMILES string of the molecule is Cc1ccc(S(=O)(=O)N2CCC[C@@](C)(C(=O)NCc3ccccc3)C2)cc1. The van der Waals surface area contributed by atoms with Crippen molar-refractivity contribution in [2.75, 3.05) is 13.1 Å². The first kappa shape index (κ1) is 19.6. The normalized spacial score (nSPS) is 21.0. The minimum atomic E-state index is -3.60. The zero-order chi connectivity index (χ0) is 19.5. The Morgan fingerprint density at radius 3 is 2.44 bits per heavy atom. The topological polar surface area (TPSA) is 66.5 Å². The zero-order valence-electron chi connectivity index (χ0n) is 15.8. The molecular weight excluding hydrogens is 360 g/mol. The van der Waals surface area contributed by atoms with Crippen LogP contribution in [0.4, 0.5) is 0 Å². The van der Waals surface area contributed by atoms with Crippen molar-refractivity contribution in [3.63, 3.8) is 0 Å². The fourth-order valence-corrected chi connectivity index (χ4v) is 5.04. The molecule has 5 nitrogen and oxygen atoms in total. The number of hydrogen-bond acceptors (Lipinski definition) is 3. The summed E-state index contributed by atoms with van der Waals surface area (Å²) in [5.41, 5.74) is 1.30. The lowest BCUT2D eigenvalue weighted by atomic mass is 9.82. The van der Waals surface area contributed by atoms with Gasteiger partial charge in [-0.3, -0.25) is 4.79 Å². The predicted molar refractivity (Wildman–Crippen MR) is 106 cm³/mol. The third-order valence-electron chi connectivity index (χ3n) is 5.16. The van der Waals surface area contributed by atoms with E-state index in [1.807, 2.05) is 44.2 Å². The maximum atomic E-state index is 13.0. The average Bonchev–Trinajstić information content (AvgIpc) is 2.67. The summed E-state index contributed by atoms with van der Waals surface area (Å²) >= 11 is 0. The van der Waals surface area contributed by atoms with Crippen molar-refractivity contribution < 1.29 is 13.2 Å². The van der Waals surface area contributed by atoms with E-state index in [4.69, 9.17) is 0 Å². The summed E-state index contributed by atoms with van der Waals surface area (Å²) in [7, 11) is -3.60. The minimum absolute atomic E-state index is 0.102. The van der Waals surface area contributed by atoms with Gasteiger partial charge in [-0.05, 0) is 44.4 Å². The number of amides is 1. The van der Waals surface area contributed by atoms with Crippen molar-refractivity contribution >= 4 is 15.9 Å². The smallest absolute Gasteiger partial charge is 0.243 e. The molecule has 6 heteroatoms. The van der Waals surface area contributed by atoms with Crippen LogP contribution in [0.5, 0.6) is 0 Å². The van der Waals surface area contributed by atoms with Gasteiger partial charge in [0.15, 0.2) is 0 Å². The molecule has 1 atom stereocenters. The third-order valence-corrected chi connectivity index (χ3v) is 7.02. The van der Waals surface area contributed by atoms with Gasteiger partial charge in [-0.15, -0.1) is 0 Å². The molecule has 1 saturated heterocycles. The van der Waals surface area contributed by atoms with Crippen LogP contribution >= 0.6 is 0 Å². The molecule has 27 heavy (non-hydrogen) atoms. The Morgan fingerprint density at radius 2 is 1.78 bits per heavy atom. The standard InChI is InChI=1S/C21H26N2O3S/c1-17-9-11-19(12-10-17)27(25,26)23-14-6-13-21(2,16-23)20(24)22-15-18-7-4-3-5-8-18/h3-5,7-12H,6,13-16H2,1-2H3,(H,22,24)/t21-/m1/s1. The summed E-state index contributed by atoms with van der Waals surface area (Å²) in [4.78, 5) is 13.1. The number of nitrogens with zero attached hydrogens (tertiary/aromatic N) is 1. The highest BCUT2D eigenvalue weighted by Crippen LogP contribution is 2.33. The molecule has 1 heterocycles. The number of aryl methyl sites for hydroxylation is 1. The summed E-state index contributed by atoms with van der Waals surface area (Å²) in [6.45, 7) is 4.86. The summed E-state index contributed by atoms with van der Waals surface area (Å²) in [5.74, 6) is -0.102. The maximum Gasteiger partial charge on any atom is 0.243 e. The lowest BCUT2D eigenvalue weighted by Gasteiger charge is -2.38. The van der Waals surface area contributed by atoms with Crippen LogP contribution in [0.2, 0.25) is 0 Å². The third kappa shape index (κ3) is 4.39. The van der Waals surface area contributed by atoms with Crippen molar-refractivity contribution in [2.24, 2.45) is 5.41 Å². The van der Waals surface area contributed by atoms with Gasteiger partial charge < -0.3 is 5.32 Å². The first-order chi connectivity index (χ1) is 12.8. The molecule has 1 fully saturated rings. The Labute approximate surface area is 161 Å². The summed E-state index contributed by atoms with van der Waals surface area (Å²) < 4.78 is 27.4. The number of nitrogens with one attached hydrogen (secondary N) is 1. The van der Waals surface area contributed by atoms with E-state index in [1.54, 1.807) is 24.3 Å². The Bertz CT molecular complexity index is 895. The van der Waals surface area contributed by atoms with Gasteiger partial charge in [-0.25, -0.2) is 8.42 Å². The summed E-state index contributed by atoms with van der Waals surface area (Å²) in [6.07, 6.45) is 1.34. The Hall–Kier alpha value is -2.18. The van der Waals surface area contributed by atoms with Crippen molar-refractivity contribution in [1.29, 1.82) is 0 Å². The van der Waals surface area contributed by atoms with Gasteiger partial charge in [0.1, 0.15) is 0 Å². The number of piperidine rings is 1. The highest BCUT2D eigenvalue weighted by atomic mass is 32.2. The van der Waals surface area contributed by atoms with Crippen LogP contribution in [0.1, 0.15) is 30.9 Å². The van der Waals surface area contributed by atoms with Gasteiger partial charge in [0.05, 0.1) is 10.3 Å². The molecule has 0 aliphatic carbocycles. The van der Waals surface area contributed by atoms with E-state index in [9.17, 15) is 13.2 Å². The van der Waals surface area contributed by atoms with Gasteiger partial charge in [0.25, 0.3) is 0 Å². The molecule has 1 N–H and O–H groups in total. The highest BCUT2D eigenvalue weighted by molar-refractivity contribution is 7.89. The van der Waals surface area contributed by atoms with E-state index >= 15 is 0 Å². The summed E-state index contributed by atoms with van der Waals surface area (Å²) in [6, 6.07) is 16.6. The average molecular weight is 387 g/mol. The number of hydrogen-bond donors (Lipinski definition) is 1.